The Bertz CT molecular complexity index is 638. The van der Waals surface area contributed by atoms with E-state index in [4.69, 9.17) is 0 Å². The van der Waals surface area contributed by atoms with Crippen molar-refractivity contribution in [2.75, 3.05) is 41.4 Å². The Morgan fingerprint density at radius 3 is 2.71 bits per heavy atom. The van der Waals surface area contributed by atoms with Crippen LogP contribution in [0.4, 0.5) is 11.4 Å². The second-order valence-corrected chi connectivity index (χ2v) is 8.10. The second kappa shape index (κ2) is 12.4. The molecule has 1 aromatic carbocycles. The van der Waals surface area contributed by atoms with Gasteiger partial charge in [0.2, 0.25) is 11.8 Å². The summed E-state index contributed by atoms with van der Waals surface area (Å²) in [6, 6.07) is 7.55. The smallest absolute Gasteiger partial charge is 0.246 e. The summed E-state index contributed by atoms with van der Waals surface area (Å²) in [5.74, 6) is 1.76. The van der Waals surface area contributed by atoms with Gasteiger partial charge in [-0.25, -0.2) is 0 Å². The van der Waals surface area contributed by atoms with Crippen LogP contribution < -0.4 is 20.9 Å². The summed E-state index contributed by atoms with van der Waals surface area (Å²) in [6.45, 7) is 4.79. The van der Waals surface area contributed by atoms with Crippen molar-refractivity contribution in [2.45, 2.75) is 38.3 Å². The van der Waals surface area contributed by atoms with Crippen molar-refractivity contribution in [1.82, 2.24) is 10.6 Å². The van der Waals surface area contributed by atoms with Gasteiger partial charge in [-0.1, -0.05) is 6.07 Å². The number of nitrogens with one attached hydrogen (secondary N) is 3. The molecule has 2 unspecified atom stereocenters. The lowest BCUT2D eigenvalue weighted by Crippen LogP contribution is -2.46. The van der Waals surface area contributed by atoms with Crippen LogP contribution in [0.3, 0.4) is 0 Å². The molecular weight excluding hydrogens is 419 g/mol. The molecule has 1 aromatic rings. The van der Waals surface area contributed by atoms with Gasteiger partial charge in [0.05, 0.1) is 0 Å². The van der Waals surface area contributed by atoms with Gasteiger partial charge >= 0.3 is 0 Å². The van der Waals surface area contributed by atoms with Crippen molar-refractivity contribution in [1.29, 1.82) is 0 Å². The molecule has 9 heteroatoms. The highest BCUT2D eigenvalue weighted by Gasteiger charge is 2.21. The molecule has 0 spiro atoms. The van der Waals surface area contributed by atoms with Gasteiger partial charge in [-0.05, 0) is 38.0 Å². The zero-order valence-corrected chi connectivity index (χ0v) is 18.6. The molecule has 2 amide bonds. The number of rotatable bonds is 6. The molecule has 3 N–H and O–H groups in total. The van der Waals surface area contributed by atoms with Crippen molar-refractivity contribution < 1.29 is 9.59 Å². The van der Waals surface area contributed by atoms with E-state index in [9.17, 15) is 9.59 Å². The van der Waals surface area contributed by atoms with Crippen LogP contribution in [0.25, 0.3) is 0 Å². The first-order chi connectivity index (χ1) is 12.6. The van der Waals surface area contributed by atoms with Crippen molar-refractivity contribution in [2.24, 2.45) is 0 Å². The van der Waals surface area contributed by atoms with Crippen LogP contribution in [-0.4, -0.2) is 55.0 Å². The molecule has 3 rings (SSSR count). The first-order valence-corrected chi connectivity index (χ1v) is 10.5. The SMILES string of the molecule is CC(NC(=O)CC1CSCCN1)C(=O)Nc1cccc(N2CCCC2)c1.Cl.Cl. The monoisotopic (exact) mass is 448 g/mol. The minimum absolute atomic E-state index is 0. The number of anilines is 2. The predicted octanol–water partition coefficient (Wildman–Crippen LogP) is 2.67. The molecule has 2 fully saturated rings. The van der Waals surface area contributed by atoms with Crippen molar-refractivity contribution >= 4 is 59.8 Å². The third kappa shape index (κ3) is 7.35. The third-order valence-corrected chi connectivity index (χ3v) is 5.92. The lowest BCUT2D eigenvalue weighted by Gasteiger charge is -2.23. The Balaban J connectivity index is 0.00000196. The van der Waals surface area contributed by atoms with Crippen molar-refractivity contribution in [3.8, 4) is 0 Å². The summed E-state index contributed by atoms with van der Waals surface area (Å²) in [5, 5.41) is 9.06. The number of carbonyl (C=O) groups is 2. The zero-order valence-electron chi connectivity index (χ0n) is 16.1. The van der Waals surface area contributed by atoms with Gasteiger partial charge in [-0.3, -0.25) is 9.59 Å². The van der Waals surface area contributed by atoms with Gasteiger partial charge in [-0.2, -0.15) is 11.8 Å². The van der Waals surface area contributed by atoms with Gasteiger partial charge in [0.25, 0.3) is 0 Å². The molecule has 158 valence electrons. The highest BCUT2D eigenvalue weighted by molar-refractivity contribution is 7.99. The fourth-order valence-electron chi connectivity index (χ4n) is 3.35. The molecule has 2 aliphatic rings. The molecule has 0 bridgehead atoms. The lowest BCUT2D eigenvalue weighted by molar-refractivity contribution is -0.126. The summed E-state index contributed by atoms with van der Waals surface area (Å²) in [7, 11) is 0. The number of nitrogens with zero attached hydrogens (tertiary/aromatic N) is 1. The fourth-order valence-corrected chi connectivity index (χ4v) is 4.30. The minimum Gasteiger partial charge on any atom is -0.371 e. The van der Waals surface area contributed by atoms with Gasteiger partial charge in [-0.15, -0.1) is 24.8 Å². The standard InChI is InChI=1S/C19H28N4O2S.2ClH/c1-14(21-18(24)12-16-13-26-10-7-20-16)19(25)22-15-5-4-6-17(11-15)23-8-2-3-9-23;;/h4-6,11,14,16,20H,2-3,7-10,12-13H2,1H3,(H,21,24)(H,22,25);2*1H. The van der Waals surface area contributed by atoms with E-state index in [2.05, 4.69) is 26.9 Å². The van der Waals surface area contributed by atoms with Crippen LogP contribution in [0.15, 0.2) is 24.3 Å². The number of halogens is 2. The Morgan fingerprint density at radius 2 is 2.04 bits per heavy atom. The number of thioether (sulfide) groups is 1. The third-order valence-electron chi connectivity index (χ3n) is 4.79. The molecule has 2 heterocycles. The molecule has 0 radical (unpaired) electrons. The van der Waals surface area contributed by atoms with Crippen LogP contribution in [0.5, 0.6) is 0 Å². The predicted molar refractivity (Wildman–Crippen MR) is 122 cm³/mol. The second-order valence-electron chi connectivity index (χ2n) is 6.95. The maximum absolute atomic E-state index is 12.4. The molecule has 0 aromatic heterocycles. The Morgan fingerprint density at radius 1 is 1.29 bits per heavy atom. The van der Waals surface area contributed by atoms with Crippen LogP contribution in [0.1, 0.15) is 26.2 Å². The van der Waals surface area contributed by atoms with Crippen LogP contribution >= 0.6 is 36.6 Å². The minimum atomic E-state index is -0.561. The van der Waals surface area contributed by atoms with E-state index in [0.29, 0.717) is 6.42 Å². The Hall–Kier alpha value is -1.15. The van der Waals surface area contributed by atoms with E-state index in [1.807, 2.05) is 30.0 Å². The topological polar surface area (TPSA) is 73.5 Å². The van der Waals surface area contributed by atoms with Crippen molar-refractivity contribution in [3.05, 3.63) is 24.3 Å². The van der Waals surface area contributed by atoms with Gasteiger partial charge in [0, 0.05) is 55.0 Å². The first kappa shape index (κ1) is 24.9. The van der Waals surface area contributed by atoms with E-state index in [1.165, 1.54) is 12.8 Å². The van der Waals surface area contributed by atoms with Crippen LogP contribution in [-0.2, 0) is 9.59 Å². The van der Waals surface area contributed by atoms with E-state index in [1.54, 1.807) is 6.92 Å². The Kier molecular flexibility index (Phi) is 11.0. The van der Waals surface area contributed by atoms with Gasteiger partial charge in [0.1, 0.15) is 6.04 Å². The van der Waals surface area contributed by atoms with Crippen LogP contribution in [0.2, 0.25) is 0 Å². The lowest BCUT2D eigenvalue weighted by atomic mass is 10.2. The average Bonchev–Trinajstić information content (AvgIpc) is 3.17. The number of amides is 2. The molecule has 0 saturated carbocycles. The maximum Gasteiger partial charge on any atom is 0.246 e. The number of benzene rings is 1. The summed E-state index contributed by atoms with van der Waals surface area (Å²) < 4.78 is 0. The number of hydrogen-bond acceptors (Lipinski definition) is 5. The molecule has 2 aliphatic heterocycles. The molecule has 0 aliphatic carbocycles. The quantitative estimate of drug-likeness (QED) is 0.623. The highest BCUT2D eigenvalue weighted by Crippen LogP contribution is 2.23. The van der Waals surface area contributed by atoms with E-state index in [0.717, 1.165) is 42.5 Å². The molecule has 2 saturated heterocycles. The van der Waals surface area contributed by atoms with Gasteiger partial charge < -0.3 is 20.9 Å². The number of hydrogen-bond donors (Lipinski definition) is 3. The van der Waals surface area contributed by atoms with Gasteiger partial charge in [0.15, 0.2) is 0 Å². The molecular formula is C19H30Cl2N4O2S. The number of carbonyl (C=O) groups excluding carboxylic acids is 2. The molecule has 2 atom stereocenters. The van der Waals surface area contributed by atoms with E-state index >= 15 is 0 Å². The van der Waals surface area contributed by atoms with Crippen LogP contribution in [0, 0.1) is 0 Å². The first-order valence-electron chi connectivity index (χ1n) is 9.38. The normalized spacial score (nSPS) is 19.8. The molecule has 6 nitrogen and oxygen atoms in total. The zero-order chi connectivity index (χ0) is 18.4. The Labute approximate surface area is 183 Å². The summed E-state index contributed by atoms with van der Waals surface area (Å²) in [6.07, 6.45) is 2.84. The van der Waals surface area contributed by atoms with E-state index < -0.39 is 6.04 Å². The highest BCUT2D eigenvalue weighted by atomic mass is 35.5. The average molecular weight is 449 g/mol. The molecule has 28 heavy (non-hydrogen) atoms. The largest absolute Gasteiger partial charge is 0.371 e. The van der Waals surface area contributed by atoms with Crippen molar-refractivity contribution in [3.63, 3.8) is 0 Å². The summed E-state index contributed by atoms with van der Waals surface area (Å²) >= 11 is 1.86. The summed E-state index contributed by atoms with van der Waals surface area (Å²) in [5.41, 5.74) is 1.91. The maximum atomic E-state index is 12.4. The van der Waals surface area contributed by atoms with E-state index in [-0.39, 0.29) is 42.7 Å². The summed E-state index contributed by atoms with van der Waals surface area (Å²) in [4.78, 5) is 26.9. The fraction of sp³-hybridized carbons (Fsp3) is 0.579.